The van der Waals surface area contributed by atoms with Crippen LogP contribution >= 0.6 is 0 Å². The molecule has 0 atom stereocenters. The molecule has 1 aliphatic heterocycles. The number of phenols is 3. The molecule has 98 valence electrons. The minimum atomic E-state index is -0.698. The average molecular weight is 253 g/mol. The fraction of sp³-hybridized carbons (Fsp3) is 0.417. The first-order chi connectivity index (χ1) is 8.28. The van der Waals surface area contributed by atoms with Crippen LogP contribution in [-0.4, -0.2) is 33.9 Å². The molecule has 0 unspecified atom stereocenters. The maximum atomic E-state index is 11.6. The number of amides is 1. The van der Waals surface area contributed by atoms with E-state index in [4.69, 9.17) is 4.74 Å². The second-order valence-corrected chi connectivity index (χ2v) is 4.85. The van der Waals surface area contributed by atoms with Gasteiger partial charge in [0.25, 0.3) is 5.91 Å². The normalized spacial score (nSPS) is 15.9. The number of carbonyl (C=O) groups is 1. The molecule has 0 saturated carbocycles. The molecule has 0 spiro atoms. The Labute approximate surface area is 104 Å². The zero-order chi connectivity index (χ0) is 13.7. The number of hydrogen-bond donors (Lipinski definition) is 4. The Morgan fingerprint density at radius 2 is 1.83 bits per heavy atom. The summed E-state index contributed by atoms with van der Waals surface area (Å²) in [4.78, 5) is 11.6. The van der Waals surface area contributed by atoms with E-state index in [1.54, 1.807) is 13.8 Å². The van der Waals surface area contributed by atoms with E-state index in [0.29, 0.717) is 12.0 Å². The first kappa shape index (κ1) is 12.3. The van der Waals surface area contributed by atoms with E-state index in [1.807, 2.05) is 0 Å². The molecule has 6 heteroatoms. The van der Waals surface area contributed by atoms with Crippen molar-refractivity contribution in [2.24, 2.45) is 0 Å². The van der Waals surface area contributed by atoms with Crippen LogP contribution in [0.1, 0.15) is 29.8 Å². The Kier molecular flexibility index (Phi) is 2.53. The summed E-state index contributed by atoms with van der Waals surface area (Å²) in [5, 5.41) is 31.9. The fourth-order valence-electron chi connectivity index (χ4n) is 2.09. The minimum absolute atomic E-state index is 0.0499. The van der Waals surface area contributed by atoms with E-state index in [-0.39, 0.29) is 11.3 Å². The lowest BCUT2D eigenvalue weighted by atomic mass is 9.98. The lowest BCUT2D eigenvalue weighted by Crippen LogP contribution is -2.24. The zero-order valence-corrected chi connectivity index (χ0v) is 10.4. The molecule has 1 amide bonds. The lowest BCUT2D eigenvalue weighted by molar-refractivity contribution is 0.0953. The quantitative estimate of drug-likeness (QED) is 0.440. The van der Waals surface area contributed by atoms with Crippen molar-refractivity contribution in [3.8, 4) is 23.0 Å². The van der Waals surface area contributed by atoms with Crippen molar-refractivity contribution in [3.05, 3.63) is 11.1 Å². The maximum Gasteiger partial charge on any atom is 0.258 e. The van der Waals surface area contributed by atoms with Crippen LogP contribution in [0.2, 0.25) is 0 Å². The predicted octanol–water partition coefficient (Wildman–Crippen LogP) is 0.876. The number of carbonyl (C=O) groups excluding carboxylic acids is 1. The van der Waals surface area contributed by atoms with E-state index in [0.717, 1.165) is 0 Å². The highest BCUT2D eigenvalue weighted by Gasteiger charge is 2.38. The van der Waals surface area contributed by atoms with Crippen molar-refractivity contribution in [2.75, 3.05) is 7.05 Å². The fourth-order valence-corrected chi connectivity index (χ4v) is 2.09. The van der Waals surface area contributed by atoms with Crippen molar-refractivity contribution < 1.29 is 24.9 Å². The van der Waals surface area contributed by atoms with E-state index in [2.05, 4.69) is 5.32 Å². The highest BCUT2D eigenvalue weighted by atomic mass is 16.5. The van der Waals surface area contributed by atoms with Crippen LogP contribution < -0.4 is 10.1 Å². The highest BCUT2D eigenvalue weighted by molar-refractivity contribution is 6.01. The van der Waals surface area contributed by atoms with Crippen LogP contribution in [0.15, 0.2) is 0 Å². The van der Waals surface area contributed by atoms with Gasteiger partial charge >= 0.3 is 0 Å². The van der Waals surface area contributed by atoms with Crippen molar-refractivity contribution in [3.63, 3.8) is 0 Å². The molecular weight excluding hydrogens is 238 g/mol. The van der Waals surface area contributed by atoms with Gasteiger partial charge in [0.2, 0.25) is 0 Å². The molecule has 2 rings (SSSR count). The number of ether oxygens (including phenoxy) is 1. The summed E-state index contributed by atoms with van der Waals surface area (Å²) >= 11 is 0. The van der Waals surface area contributed by atoms with Crippen LogP contribution in [-0.2, 0) is 6.42 Å². The van der Waals surface area contributed by atoms with E-state index < -0.39 is 28.8 Å². The van der Waals surface area contributed by atoms with Gasteiger partial charge in [0.1, 0.15) is 11.2 Å². The monoisotopic (exact) mass is 253 g/mol. The van der Waals surface area contributed by atoms with E-state index in [1.165, 1.54) is 7.05 Å². The summed E-state index contributed by atoms with van der Waals surface area (Å²) in [5.74, 6) is -2.16. The summed E-state index contributed by atoms with van der Waals surface area (Å²) in [6.45, 7) is 3.56. The SMILES string of the molecule is CNC(=O)c1c(O)c(O)c2c(c1O)OC(C)(C)C2. The predicted molar refractivity (Wildman–Crippen MR) is 63.2 cm³/mol. The summed E-state index contributed by atoms with van der Waals surface area (Å²) in [5.41, 5.74) is -0.681. The maximum absolute atomic E-state index is 11.6. The molecule has 0 fully saturated rings. The standard InChI is InChI=1S/C12H15NO5/c1-12(2)4-5-7(14)8(15)6(11(17)13-3)9(16)10(5)18-12/h14-16H,4H2,1-3H3,(H,13,17). The molecule has 0 radical (unpaired) electrons. The molecule has 0 aromatic heterocycles. The molecule has 1 aromatic carbocycles. The second kappa shape index (κ2) is 3.69. The number of aromatic hydroxyl groups is 3. The summed E-state index contributed by atoms with van der Waals surface area (Å²) < 4.78 is 5.50. The van der Waals surface area contributed by atoms with Gasteiger partial charge in [-0.1, -0.05) is 0 Å². The van der Waals surface area contributed by atoms with Crippen LogP contribution in [0.25, 0.3) is 0 Å². The largest absolute Gasteiger partial charge is 0.504 e. The van der Waals surface area contributed by atoms with Crippen molar-refractivity contribution in [1.82, 2.24) is 5.32 Å². The molecule has 4 N–H and O–H groups in total. The number of nitrogens with one attached hydrogen (secondary N) is 1. The summed E-state index contributed by atoms with van der Waals surface area (Å²) in [6, 6.07) is 0. The van der Waals surface area contributed by atoms with Gasteiger partial charge in [-0.3, -0.25) is 4.79 Å². The molecule has 18 heavy (non-hydrogen) atoms. The van der Waals surface area contributed by atoms with Crippen LogP contribution in [0, 0.1) is 0 Å². The van der Waals surface area contributed by atoms with Crippen molar-refractivity contribution >= 4 is 5.91 Å². The van der Waals surface area contributed by atoms with Gasteiger partial charge < -0.3 is 25.4 Å². The molecule has 1 aliphatic rings. The van der Waals surface area contributed by atoms with Crippen molar-refractivity contribution in [2.45, 2.75) is 25.9 Å². The number of hydrogen-bond acceptors (Lipinski definition) is 5. The van der Waals surface area contributed by atoms with Gasteiger partial charge in [-0.05, 0) is 13.8 Å². The smallest absolute Gasteiger partial charge is 0.258 e. The van der Waals surface area contributed by atoms with Gasteiger partial charge in [0.15, 0.2) is 23.0 Å². The third-order valence-electron chi connectivity index (χ3n) is 2.91. The van der Waals surface area contributed by atoms with Gasteiger partial charge in [-0.15, -0.1) is 0 Å². The Morgan fingerprint density at radius 3 is 2.39 bits per heavy atom. The minimum Gasteiger partial charge on any atom is -0.504 e. The molecule has 1 heterocycles. The topological polar surface area (TPSA) is 99.0 Å². The van der Waals surface area contributed by atoms with Crippen LogP contribution in [0.5, 0.6) is 23.0 Å². The first-order valence-electron chi connectivity index (χ1n) is 5.49. The molecule has 0 aliphatic carbocycles. The number of benzene rings is 1. The second-order valence-electron chi connectivity index (χ2n) is 4.85. The Morgan fingerprint density at radius 1 is 1.22 bits per heavy atom. The van der Waals surface area contributed by atoms with Crippen LogP contribution in [0.4, 0.5) is 0 Å². The van der Waals surface area contributed by atoms with Gasteiger partial charge in [0, 0.05) is 19.0 Å². The van der Waals surface area contributed by atoms with Crippen LogP contribution in [0.3, 0.4) is 0 Å². The van der Waals surface area contributed by atoms with Gasteiger partial charge in [-0.25, -0.2) is 0 Å². The first-order valence-corrected chi connectivity index (χ1v) is 5.49. The highest BCUT2D eigenvalue weighted by Crippen LogP contribution is 2.52. The summed E-state index contributed by atoms with van der Waals surface area (Å²) in [6.07, 6.45) is 0.337. The number of fused-ring (bicyclic) bond motifs is 1. The molecular formula is C12H15NO5. The summed E-state index contributed by atoms with van der Waals surface area (Å²) in [7, 11) is 1.36. The average Bonchev–Trinajstić information content (AvgIpc) is 2.62. The Balaban J connectivity index is 2.70. The molecule has 0 saturated heterocycles. The van der Waals surface area contributed by atoms with Gasteiger partial charge in [-0.2, -0.15) is 0 Å². The molecule has 0 bridgehead atoms. The lowest BCUT2D eigenvalue weighted by Gasteiger charge is -2.17. The molecule has 1 aromatic rings. The number of phenolic OH excluding ortho intramolecular Hbond substituents is 3. The third-order valence-corrected chi connectivity index (χ3v) is 2.91. The zero-order valence-electron chi connectivity index (χ0n) is 10.4. The van der Waals surface area contributed by atoms with E-state index in [9.17, 15) is 20.1 Å². The Bertz CT molecular complexity index is 536. The Hall–Kier alpha value is -2.11. The molecule has 6 nitrogen and oxygen atoms in total. The van der Waals surface area contributed by atoms with E-state index >= 15 is 0 Å². The third kappa shape index (κ3) is 1.61. The van der Waals surface area contributed by atoms with Crippen molar-refractivity contribution in [1.29, 1.82) is 0 Å². The van der Waals surface area contributed by atoms with Gasteiger partial charge in [0.05, 0.1) is 0 Å². The number of rotatable bonds is 1.